The number of rotatable bonds is 7. The summed E-state index contributed by atoms with van der Waals surface area (Å²) in [5.74, 6) is 1.02. The van der Waals surface area contributed by atoms with Gasteiger partial charge in [-0.05, 0) is 50.6 Å². The van der Waals surface area contributed by atoms with Crippen molar-refractivity contribution in [3.8, 4) is 11.8 Å². The highest BCUT2D eigenvalue weighted by Gasteiger charge is 2.33. The summed E-state index contributed by atoms with van der Waals surface area (Å²) in [6.07, 6.45) is 0.570. The van der Waals surface area contributed by atoms with Crippen LogP contribution in [0, 0.1) is 18.3 Å². The van der Waals surface area contributed by atoms with Gasteiger partial charge in [0, 0.05) is 17.7 Å². The average molecular weight is 529 g/mol. The highest BCUT2D eigenvalue weighted by atomic mass is 32.2. The van der Waals surface area contributed by atoms with Gasteiger partial charge in [0.05, 0.1) is 36.3 Å². The van der Waals surface area contributed by atoms with Gasteiger partial charge in [-0.3, -0.25) is 9.20 Å². The Morgan fingerprint density at radius 1 is 1.18 bits per heavy atom. The van der Waals surface area contributed by atoms with Crippen molar-refractivity contribution >= 4 is 40.5 Å². The van der Waals surface area contributed by atoms with Gasteiger partial charge in [0.1, 0.15) is 17.6 Å². The number of fused-ring (bicyclic) bond motifs is 3. The van der Waals surface area contributed by atoms with Crippen LogP contribution in [0.2, 0.25) is 0 Å². The number of anilines is 3. The molecule has 3 heterocycles. The third kappa shape index (κ3) is 5.03. The first-order chi connectivity index (χ1) is 18.3. The number of carbonyl (C=O) groups is 1. The molecule has 2 aromatic heterocycles. The van der Waals surface area contributed by atoms with Gasteiger partial charge < -0.3 is 20.1 Å². The summed E-state index contributed by atoms with van der Waals surface area (Å²) in [5.41, 5.74) is 5.02. The van der Waals surface area contributed by atoms with Crippen molar-refractivity contribution < 1.29 is 14.3 Å². The minimum absolute atomic E-state index is 0.0886. The monoisotopic (exact) mass is 528 g/mol. The third-order valence-electron chi connectivity index (χ3n) is 6.38. The van der Waals surface area contributed by atoms with Crippen molar-refractivity contribution in [2.75, 3.05) is 23.5 Å². The lowest BCUT2D eigenvalue weighted by atomic mass is 9.89. The number of aromatic nitrogens is 3. The number of hydrogen-bond donors (Lipinski definition) is 2. The molecule has 194 valence electrons. The predicted molar refractivity (Wildman–Crippen MR) is 147 cm³/mol. The number of ether oxygens (including phenoxy) is 2. The average Bonchev–Trinajstić information content (AvgIpc) is 3.32. The molecule has 0 aliphatic carbocycles. The number of benzene rings is 2. The van der Waals surface area contributed by atoms with E-state index in [9.17, 15) is 10.1 Å². The molecule has 0 saturated carbocycles. The number of aryl methyl sites for hydroxylation is 1. The molecular weight excluding hydrogens is 500 g/mol. The van der Waals surface area contributed by atoms with E-state index in [0.717, 1.165) is 22.4 Å². The predicted octanol–water partition coefficient (Wildman–Crippen LogP) is 5.24. The smallest absolute Gasteiger partial charge is 0.234 e. The number of amides is 1. The number of thioether (sulfide) groups is 1. The molecule has 1 aliphatic heterocycles. The number of nitrogens with zero attached hydrogens (tertiary/aromatic N) is 4. The molecule has 4 aromatic rings. The van der Waals surface area contributed by atoms with Crippen molar-refractivity contribution in [1.29, 1.82) is 5.26 Å². The Labute approximate surface area is 225 Å². The van der Waals surface area contributed by atoms with Gasteiger partial charge in [-0.25, -0.2) is 0 Å². The molecule has 0 saturated heterocycles. The summed E-state index contributed by atoms with van der Waals surface area (Å²) in [4.78, 5) is 12.8. The van der Waals surface area contributed by atoms with Crippen LogP contribution >= 0.6 is 11.8 Å². The van der Waals surface area contributed by atoms with Crippen LogP contribution in [0.25, 0.3) is 5.65 Å². The first kappa shape index (κ1) is 25.6. The van der Waals surface area contributed by atoms with Gasteiger partial charge in [0.15, 0.2) is 10.8 Å². The normalized spacial score (nSPS) is 14.0. The Hall–Kier alpha value is -4.07. The molecule has 0 unspecified atom stereocenters. The standard InChI is InChI=1S/C28H28N6O3S/c1-17-9-11-18(12-10-17)30-25-20(14-29)19-13-28(2,3)37-15-21(19)26-32-33-27(34(25)26)38-16-24(35)31-22-7-5-6-8-23(22)36-4/h5-12,30H,13,15-16H2,1-4H3,(H,31,35). The molecule has 9 nitrogen and oxygen atoms in total. The van der Waals surface area contributed by atoms with E-state index in [-0.39, 0.29) is 11.7 Å². The summed E-state index contributed by atoms with van der Waals surface area (Å²) in [5, 5.41) is 26.0. The molecule has 0 bridgehead atoms. The first-order valence-corrected chi connectivity index (χ1v) is 13.1. The van der Waals surface area contributed by atoms with E-state index in [1.165, 1.54) is 11.8 Å². The lowest BCUT2D eigenvalue weighted by molar-refractivity contribution is -0.113. The zero-order valence-corrected chi connectivity index (χ0v) is 22.5. The zero-order valence-electron chi connectivity index (χ0n) is 21.7. The van der Waals surface area contributed by atoms with E-state index >= 15 is 0 Å². The minimum atomic E-state index is -0.410. The SMILES string of the molecule is COc1ccccc1NC(=O)CSc1nnc2c3c(c(C#N)c(Nc4ccc(C)cc4)n12)CC(C)(C)OC3. The van der Waals surface area contributed by atoms with E-state index in [4.69, 9.17) is 9.47 Å². The quantitative estimate of drug-likeness (QED) is 0.313. The van der Waals surface area contributed by atoms with Crippen molar-refractivity contribution in [1.82, 2.24) is 14.6 Å². The summed E-state index contributed by atoms with van der Waals surface area (Å²) in [7, 11) is 1.56. The fourth-order valence-electron chi connectivity index (χ4n) is 4.47. The van der Waals surface area contributed by atoms with Crippen LogP contribution in [-0.4, -0.2) is 39.0 Å². The second-order valence-electron chi connectivity index (χ2n) is 9.69. The highest BCUT2D eigenvalue weighted by molar-refractivity contribution is 7.99. The molecule has 2 N–H and O–H groups in total. The second kappa shape index (κ2) is 10.4. The van der Waals surface area contributed by atoms with Crippen molar-refractivity contribution in [2.45, 2.75) is 44.6 Å². The Morgan fingerprint density at radius 3 is 2.68 bits per heavy atom. The second-order valence-corrected chi connectivity index (χ2v) is 10.6. The van der Waals surface area contributed by atoms with Crippen molar-refractivity contribution in [3.63, 3.8) is 0 Å². The van der Waals surface area contributed by atoms with Gasteiger partial charge in [0.2, 0.25) is 5.91 Å². The van der Waals surface area contributed by atoms with Crippen LogP contribution in [0.15, 0.2) is 53.7 Å². The third-order valence-corrected chi connectivity index (χ3v) is 7.31. The van der Waals surface area contributed by atoms with Gasteiger partial charge in [-0.2, -0.15) is 5.26 Å². The summed E-state index contributed by atoms with van der Waals surface area (Å²) < 4.78 is 13.2. The molecule has 0 spiro atoms. The number of nitriles is 1. The fraction of sp³-hybridized carbons (Fsp3) is 0.286. The van der Waals surface area contributed by atoms with Crippen LogP contribution < -0.4 is 15.4 Å². The number of hydrogen-bond acceptors (Lipinski definition) is 8. The van der Waals surface area contributed by atoms with Gasteiger partial charge in [0.25, 0.3) is 0 Å². The van der Waals surface area contributed by atoms with Crippen LogP contribution in [-0.2, 0) is 22.6 Å². The van der Waals surface area contributed by atoms with Crippen molar-refractivity contribution in [3.05, 3.63) is 70.8 Å². The molecule has 0 atom stereocenters. The summed E-state index contributed by atoms with van der Waals surface area (Å²) >= 11 is 1.24. The van der Waals surface area contributed by atoms with E-state index < -0.39 is 5.60 Å². The number of carbonyl (C=O) groups excluding carboxylic acids is 1. The van der Waals surface area contributed by atoms with E-state index in [2.05, 4.69) is 26.9 Å². The molecule has 1 amide bonds. The largest absolute Gasteiger partial charge is 0.495 e. The van der Waals surface area contributed by atoms with Crippen molar-refractivity contribution in [2.24, 2.45) is 0 Å². The summed E-state index contributed by atoms with van der Waals surface area (Å²) in [6, 6.07) is 17.6. The lowest BCUT2D eigenvalue weighted by Crippen LogP contribution is -2.33. The fourth-order valence-corrected chi connectivity index (χ4v) is 5.21. The molecule has 0 fully saturated rings. The molecule has 5 rings (SSSR count). The Balaban J connectivity index is 1.53. The maximum Gasteiger partial charge on any atom is 0.234 e. The number of para-hydroxylation sites is 2. The Bertz CT molecular complexity index is 1560. The van der Waals surface area contributed by atoms with E-state index in [1.807, 2.05) is 61.6 Å². The Kier molecular flexibility index (Phi) is 6.97. The zero-order chi connectivity index (χ0) is 26.9. The van der Waals surface area contributed by atoms with Gasteiger partial charge in [-0.1, -0.05) is 41.6 Å². The van der Waals surface area contributed by atoms with Gasteiger partial charge >= 0.3 is 0 Å². The van der Waals surface area contributed by atoms with Gasteiger partial charge in [-0.15, -0.1) is 10.2 Å². The molecule has 1 aliphatic rings. The maximum absolute atomic E-state index is 12.8. The lowest BCUT2D eigenvalue weighted by Gasteiger charge is -2.33. The maximum atomic E-state index is 12.8. The number of methoxy groups -OCH3 is 1. The molecule has 38 heavy (non-hydrogen) atoms. The van der Waals surface area contributed by atoms with Crippen LogP contribution in [0.4, 0.5) is 17.2 Å². The van der Waals surface area contributed by atoms with Crippen LogP contribution in [0.5, 0.6) is 5.75 Å². The molecular formula is C28H28N6O3S. The topological polar surface area (TPSA) is 114 Å². The minimum Gasteiger partial charge on any atom is -0.495 e. The Morgan fingerprint density at radius 2 is 1.95 bits per heavy atom. The summed E-state index contributed by atoms with van der Waals surface area (Å²) in [6.45, 7) is 6.37. The molecule has 2 aromatic carbocycles. The number of pyridine rings is 1. The molecule has 0 radical (unpaired) electrons. The highest BCUT2D eigenvalue weighted by Crippen LogP contribution is 2.38. The van der Waals surface area contributed by atoms with E-state index in [1.54, 1.807) is 19.2 Å². The van der Waals surface area contributed by atoms with Crippen LogP contribution in [0.1, 0.15) is 36.1 Å². The number of nitrogens with one attached hydrogen (secondary N) is 2. The molecule has 10 heteroatoms. The van der Waals surface area contributed by atoms with Crippen LogP contribution in [0.3, 0.4) is 0 Å². The van der Waals surface area contributed by atoms with E-state index in [0.29, 0.717) is 46.6 Å². The first-order valence-electron chi connectivity index (χ1n) is 12.2.